The van der Waals surface area contributed by atoms with Gasteiger partial charge in [-0.05, 0) is 58.2 Å². The third-order valence-electron chi connectivity index (χ3n) is 4.71. The number of likely N-dealkylation sites (tertiary alicyclic amines) is 1. The first-order valence-corrected chi connectivity index (χ1v) is 7.93. The van der Waals surface area contributed by atoms with E-state index in [1.807, 2.05) is 6.92 Å². The standard InChI is InChI=1S/C15H29N3O2.ClH/c1-12-4-8-18(9-5-12)11-13(19)10-16-14(20)15(2)6-3-7-17-15;/h12-13,17,19H,3-11H2,1-2H3,(H,16,20);1H. The summed E-state index contributed by atoms with van der Waals surface area (Å²) in [7, 11) is 0. The van der Waals surface area contributed by atoms with E-state index in [1.165, 1.54) is 12.8 Å². The molecule has 2 heterocycles. The average molecular weight is 320 g/mol. The maximum Gasteiger partial charge on any atom is 0.240 e. The Balaban J connectivity index is 0.00000220. The SMILES string of the molecule is CC1CCN(CC(O)CNC(=O)C2(C)CCCN2)CC1.Cl. The molecule has 1 amide bonds. The van der Waals surface area contributed by atoms with Crippen LogP contribution in [-0.4, -0.2) is 60.3 Å². The van der Waals surface area contributed by atoms with E-state index in [0.717, 1.165) is 38.4 Å². The number of amides is 1. The lowest BCUT2D eigenvalue weighted by Crippen LogP contribution is -2.53. The molecule has 0 radical (unpaired) electrons. The summed E-state index contributed by atoms with van der Waals surface area (Å²) in [4.78, 5) is 14.4. The molecule has 0 aromatic rings. The summed E-state index contributed by atoms with van der Waals surface area (Å²) in [6, 6.07) is 0. The summed E-state index contributed by atoms with van der Waals surface area (Å²) in [5, 5.41) is 16.2. The molecule has 0 aromatic heterocycles. The van der Waals surface area contributed by atoms with Gasteiger partial charge in [0.1, 0.15) is 0 Å². The molecule has 0 aromatic carbocycles. The molecule has 2 fully saturated rings. The van der Waals surface area contributed by atoms with Crippen LogP contribution in [0, 0.1) is 5.92 Å². The normalized spacial score (nSPS) is 28.9. The Morgan fingerprint density at radius 3 is 2.71 bits per heavy atom. The van der Waals surface area contributed by atoms with E-state index in [9.17, 15) is 9.90 Å². The van der Waals surface area contributed by atoms with Gasteiger partial charge in [-0.25, -0.2) is 0 Å². The van der Waals surface area contributed by atoms with Gasteiger partial charge in [0.2, 0.25) is 5.91 Å². The first kappa shape index (κ1) is 18.7. The lowest BCUT2D eigenvalue weighted by Gasteiger charge is -2.32. The summed E-state index contributed by atoms with van der Waals surface area (Å²) in [5.74, 6) is 0.817. The minimum atomic E-state index is -0.475. The minimum Gasteiger partial charge on any atom is -0.390 e. The van der Waals surface area contributed by atoms with Crippen LogP contribution in [0.25, 0.3) is 0 Å². The zero-order valence-electron chi connectivity index (χ0n) is 13.2. The first-order valence-electron chi connectivity index (χ1n) is 7.93. The molecule has 6 heteroatoms. The topological polar surface area (TPSA) is 64.6 Å². The average Bonchev–Trinajstić information content (AvgIpc) is 2.87. The number of halogens is 1. The van der Waals surface area contributed by atoms with Crippen LogP contribution in [0.3, 0.4) is 0 Å². The van der Waals surface area contributed by atoms with Gasteiger partial charge in [-0.15, -0.1) is 12.4 Å². The molecular weight excluding hydrogens is 290 g/mol. The van der Waals surface area contributed by atoms with Gasteiger partial charge < -0.3 is 20.6 Å². The van der Waals surface area contributed by atoms with Gasteiger partial charge in [0.05, 0.1) is 11.6 Å². The number of carbonyl (C=O) groups is 1. The molecule has 21 heavy (non-hydrogen) atoms. The fraction of sp³-hybridized carbons (Fsp3) is 0.933. The lowest BCUT2D eigenvalue weighted by atomic mass is 9.98. The van der Waals surface area contributed by atoms with E-state index in [1.54, 1.807) is 0 Å². The van der Waals surface area contributed by atoms with Crippen molar-refractivity contribution in [1.29, 1.82) is 0 Å². The number of nitrogens with one attached hydrogen (secondary N) is 2. The third-order valence-corrected chi connectivity index (χ3v) is 4.71. The summed E-state index contributed by atoms with van der Waals surface area (Å²) in [5.41, 5.74) is -0.444. The Morgan fingerprint density at radius 2 is 2.14 bits per heavy atom. The molecule has 5 nitrogen and oxygen atoms in total. The van der Waals surface area contributed by atoms with Crippen LogP contribution in [-0.2, 0) is 4.79 Å². The number of hydrogen-bond acceptors (Lipinski definition) is 4. The van der Waals surface area contributed by atoms with Crippen molar-refractivity contribution < 1.29 is 9.90 Å². The van der Waals surface area contributed by atoms with Crippen molar-refractivity contribution >= 4 is 18.3 Å². The van der Waals surface area contributed by atoms with Crippen molar-refractivity contribution in [2.24, 2.45) is 5.92 Å². The highest BCUT2D eigenvalue weighted by molar-refractivity contribution is 5.86. The molecule has 0 bridgehead atoms. The molecule has 2 aliphatic heterocycles. The molecule has 124 valence electrons. The van der Waals surface area contributed by atoms with E-state index in [-0.39, 0.29) is 18.3 Å². The molecule has 2 rings (SSSR count). The van der Waals surface area contributed by atoms with Crippen molar-refractivity contribution in [2.45, 2.75) is 51.2 Å². The number of rotatable bonds is 5. The Morgan fingerprint density at radius 1 is 1.48 bits per heavy atom. The molecule has 2 saturated heterocycles. The quantitative estimate of drug-likeness (QED) is 0.700. The Kier molecular flexibility index (Phi) is 7.40. The zero-order valence-corrected chi connectivity index (χ0v) is 14.0. The smallest absolute Gasteiger partial charge is 0.240 e. The largest absolute Gasteiger partial charge is 0.390 e. The number of nitrogens with zero attached hydrogens (tertiary/aromatic N) is 1. The predicted octanol–water partition coefficient (Wildman–Crippen LogP) is 0.759. The van der Waals surface area contributed by atoms with E-state index >= 15 is 0 Å². The summed E-state index contributed by atoms with van der Waals surface area (Å²) >= 11 is 0. The van der Waals surface area contributed by atoms with Crippen LogP contribution in [0.5, 0.6) is 0 Å². The molecular formula is C15H30ClN3O2. The predicted molar refractivity (Wildman–Crippen MR) is 86.7 cm³/mol. The summed E-state index contributed by atoms with van der Waals surface area (Å²) in [6.07, 6.45) is 3.86. The van der Waals surface area contributed by atoms with E-state index < -0.39 is 11.6 Å². The van der Waals surface area contributed by atoms with Crippen molar-refractivity contribution in [1.82, 2.24) is 15.5 Å². The number of hydrogen-bond donors (Lipinski definition) is 3. The van der Waals surface area contributed by atoms with Crippen LogP contribution >= 0.6 is 12.4 Å². The second-order valence-corrected chi connectivity index (χ2v) is 6.71. The highest BCUT2D eigenvalue weighted by Gasteiger charge is 2.35. The maximum atomic E-state index is 12.1. The van der Waals surface area contributed by atoms with Gasteiger partial charge in [-0.1, -0.05) is 6.92 Å². The molecule has 2 aliphatic rings. The zero-order chi connectivity index (χ0) is 14.6. The minimum absolute atomic E-state index is 0. The van der Waals surface area contributed by atoms with Crippen LogP contribution in [0.15, 0.2) is 0 Å². The maximum absolute atomic E-state index is 12.1. The van der Waals surface area contributed by atoms with Gasteiger partial charge in [-0.2, -0.15) is 0 Å². The number of piperidine rings is 1. The number of β-amino-alcohol motifs (C(OH)–C–C–N with tert-alkyl or cyclic N) is 1. The summed E-state index contributed by atoms with van der Waals surface area (Å²) < 4.78 is 0. The van der Waals surface area contributed by atoms with Crippen molar-refractivity contribution in [3.8, 4) is 0 Å². The van der Waals surface area contributed by atoms with Crippen molar-refractivity contribution in [2.75, 3.05) is 32.7 Å². The van der Waals surface area contributed by atoms with Gasteiger partial charge in [0, 0.05) is 13.1 Å². The fourth-order valence-corrected chi connectivity index (χ4v) is 3.10. The Labute approximate surface area is 134 Å². The molecule has 3 N–H and O–H groups in total. The number of aliphatic hydroxyl groups excluding tert-OH is 1. The van der Waals surface area contributed by atoms with Gasteiger partial charge in [0.25, 0.3) is 0 Å². The fourth-order valence-electron chi connectivity index (χ4n) is 3.10. The molecule has 2 atom stereocenters. The Hall–Kier alpha value is -0.360. The Bertz CT molecular complexity index is 327. The lowest BCUT2D eigenvalue weighted by molar-refractivity contribution is -0.127. The highest BCUT2D eigenvalue weighted by atomic mass is 35.5. The molecule has 0 aliphatic carbocycles. The van der Waals surface area contributed by atoms with E-state index in [2.05, 4.69) is 22.5 Å². The van der Waals surface area contributed by atoms with Gasteiger partial charge >= 0.3 is 0 Å². The van der Waals surface area contributed by atoms with E-state index in [0.29, 0.717) is 13.1 Å². The van der Waals surface area contributed by atoms with Crippen LogP contribution < -0.4 is 10.6 Å². The van der Waals surface area contributed by atoms with Crippen molar-refractivity contribution in [3.05, 3.63) is 0 Å². The third kappa shape index (κ3) is 5.40. The summed E-state index contributed by atoms with van der Waals surface area (Å²) in [6.45, 7) is 8.26. The second kappa shape index (κ2) is 8.32. The highest BCUT2D eigenvalue weighted by Crippen LogP contribution is 2.18. The van der Waals surface area contributed by atoms with E-state index in [4.69, 9.17) is 0 Å². The second-order valence-electron chi connectivity index (χ2n) is 6.71. The monoisotopic (exact) mass is 319 g/mol. The number of aliphatic hydroxyl groups is 1. The van der Waals surface area contributed by atoms with Crippen LogP contribution in [0.4, 0.5) is 0 Å². The van der Waals surface area contributed by atoms with Gasteiger partial charge in [0.15, 0.2) is 0 Å². The van der Waals surface area contributed by atoms with Crippen molar-refractivity contribution in [3.63, 3.8) is 0 Å². The molecule has 2 unspecified atom stereocenters. The number of carbonyl (C=O) groups excluding carboxylic acids is 1. The molecule has 0 saturated carbocycles. The van der Waals surface area contributed by atoms with Crippen LogP contribution in [0.1, 0.15) is 39.5 Å². The van der Waals surface area contributed by atoms with Gasteiger partial charge in [-0.3, -0.25) is 4.79 Å². The first-order chi connectivity index (χ1) is 9.49. The van der Waals surface area contributed by atoms with Crippen LogP contribution in [0.2, 0.25) is 0 Å². The molecule has 0 spiro atoms.